The second-order valence-electron chi connectivity index (χ2n) is 5.00. The van der Waals surface area contributed by atoms with Gasteiger partial charge in [0.05, 0.1) is 5.75 Å². The van der Waals surface area contributed by atoms with E-state index in [2.05, 4.69) is 18.4 Å². The SMILES string of the molecule is CC(C)n1cc(CS(C)(=O)=O)c2cc(N)ccc21. The van der Waals surface area contributed by atoms with Gasteiger partial charge in [-0.3, -0.25) is 0 Å². The van der Waals surface area contributed by atoms with Crippen molar-refractivity contribution in [2.24, 2.45) is 0 Å². The fourth-order valence-electron chi connectivity index (χ4n) is 2.17. The van der Waals surface area contributed by atoms with Gasteiger partial charge in [-0.1, -0.05) is 0 Å². The maximum Gasteiger partial charge on any atom is 0.151 e. The summed E-state index contributed by atoms with van der Waals surface area (Å²) in [5.74, 6) is 0.0483. The van der Waals surface area contributed by atoms with Gasteiger partial charge in [-0.25, -0.2) is 8.42 Å². The van der Waals surface area contributed by atoms with Gasteiger partial charge in [0.15, 0.2) is 9.84 Å². The largest absolute Gasteiger partial charge is 0.399 e. The summed E-state index contributed by atoms with van der Waals surface area (Å²) in [4.78, 5) is 0. The molecule has 2 rings (SSSR count). The molecule has 0 saturated carbocycles. The zero-order chi connectivity index (χ0) is 13.5. The number of nitrogen functional groups attached to an aromatic ring is 1. The van der Waals surface area contributed by atoms with Crippen LogP contribution in [0.2, 0.25) is 0 Å². The minimum absolute atomic E-state index is 0.0483. The molecule has 1 heterocycles. The van der Waals surface area contributed by atoms with Crippen LogP contribution in [-0.2, 0) is 15.6 Å². The van der Waals surface area contributed by atoms with E-state index in [9.17, 15) is 8.42 Å². The molecule has 0 fully saturated rings. The van der Waals surface area contributed by atoms with Crippen LogP contribution in [0.1, 0.15) is 25.5 Å². The van der Waals surface area contributed by atoms with E-state index in [4.69, 9.17) is 5.73 Å². The maximum atomic E-state index is 11.5. The number of rotatable bonds is 3. The number of nitrogens with two attached hydrogens (primary N) is 1. The minimum atomic E-state index is -3.05. The van der Waals surface area contributed by atoms with Crippen LogP contribution in [0.5, 0.6) is 0 Å². The highest BCUT2D eigenvalue weighted by Gasteiger charge is 2.14. The van der Waals surface area contributed by atoms with E-state index in [1.54, 1.807) is 0 Å². The van der Waals surface area contributed by atoms with E-state index >= 15 is 0 Å². The molecule has 0 radical (unpaired) electrons. The number of hydrogen-bond donors (Lipinski definition) is 1. The average molecular weight is 266 g/mol. The molecular weight excluding hydrogens is 248 g/mol. The van der Waals surface area contributed by atoms with Gasteiger partial charge in [0, 0.05) is 35.1 Å². The van der Waals surface area contributed by atoms with Crippen molar-refractivity contribution >= 4 is 26.4 Å². The predicted molar refractivity (Wildman–Crippen MR) is 75.3 cm³/mol. The highest BCUT2D eigenvalue weighted by molar-refractivity contribution is 7.89. The van der Waals surface area contributed by atoms with E-state index in [1.165, 1.54) is 6.26 Å². The second kappa shape index (κ2) is 4.31. The fraction of sp³-hybridized carbons (Fsp3) is 0.385. The number of sulfone groups is 1. The Morgan fingerprint density at radius 1 is 1.33 bits per heavy atom. The molecule has 0 bridgehead atoms. The van der Waals surface area contributed by atoms with E-state index in [0.717, 1.165) is 16.5 Å². The van der Waals surface area contributed by atoms with Crippen molar-refractivity contribution in [3.05, 3.63) is 30.0 Å². The summed E-state index contributed by atoms with van der Waals surface area (Å²) in [6.07, 6.45) is 3.16. The summed E-state index contributed by atoms with van der Waals surface area (Å²) >= 11 is 0. The van der Waals surface area contributed by atoms with Crippen molar-refractivity contribution < 1.29 is 8.42 Å². The number of hydrogen-bond acceptors (Lipinski definition) is 3. The summed E-state index contributed by atoms with van der Waals surface area (Å²) in [6.45, 7) is 4.14. The van der Waals surface area contributed by atoms with Crippen LogP contribution in [0.25, 0.3) is 10.9 Å². The third-order valence-electron chi connectivity index (χ3n) is 2.91. The van der Waals surface area contributed by atoms with Crippen molar-refractivity contribution in [3.8, 4) is 0 Å². The van der Waals surface area contributed by atoms with Crippen molar-refractivity contribution in [2.45, 2.75) is 25.6 Å². The molecule has 1 aromatic heterocycles. The van der Waals surface area contributed by atoms with Crippen molar-refractivity contribution in [2.75, 3.05) is 12.0 Å². The molecule has 2 aromatic rings. The number of fused-ring (bicyclic) bond motifs is 1. The van der Waals surface area contributed by atoms with Crippen molar-refractivity contribution in [1.29, 1.82) is 0 Å². The van der Waals surface area contributed by atoms with Crippen molar-refractivity contribution in [3.63, 3.8) is 0 Å². The van der Waals surface area contributed by atoms with Gasteiger partial charge < -0.3 is 10.3 Å². The lowest BCUT2D eigenvalue weighted by atomic mass is 10.2. The zero-order valence-corrected chi connectivity index (χ0v) is 11.7. The normalized spacial score (nSPS) is 12.4. The first-order chi connectivity index (χ1) is 8.28. The lowest BCUT2D eigenvalue weighted by molar-refractivity contribution is 0.600. The lowest BCUT2D eigenvalue weighted by Crippen LogP contribution is -2.01. The lowest BCUT2D eigenvalue weighted by Gasteiger charge is -2.08. The fourth-order valence-corrected chi connectivity index (χ4v) is 2.96. The molecule has 0 unspecified atom stereocenters. The molecule has 98 valence electrons. The van der Waals surface area contributed by atoms with E-state index in [-0.39, 0.29) is 11.8 Å². The zero-order valence-electron chi connectivity index (χ0n) is 10.8. The second-order valence-corrected chi connectivity index (χ2v) is 7.14. The Morgan fingerprint density at radius 2 is 2.00 bits per heavy atom. The first-order valence-corrected chi connectivity index (χ1v) is 7.90. The standard InChI is InChI=1S/C13H18N2O2S/c1-9(2)15-7-10(8-18(3,16)17)12-6-11(14)4-5-13(12)15/h4-7,9H,8,14H2,1-3H3. The molecule has 4 nitrogen and oxygen atoms in total. The van der Waals surface area contributed by atoms with Crippen LogP contribution in [-0.4, -0.2) is 19.2 Å². The maximum absolute atomic E-state index is 11.5. The molecule has 0 saturated heterocycles. The Labute approximate surface area is 107 Å². The molecule has 5 heteroatoms. The molecule has 0 spiro atoms. The monoisotopic (exact) mass is 266 g/mol. The molecule has 2 N–H and O–H groups in total. The topological polar surface area (TPSA) is 65.1 Å². The third kappa shape index (κ3) is 2.51. The Kier molecular flexibility index (Phi) is 3.11. The summed E-state index contributed by atoms with van der Waals surface area (Å²) in [5, 5.41) is 0.925. The van der Waals surface area contributed by atoms with Crippen LogP contribution in [0.15, 0.2) is 24.4 Å². The molecule has 0 aliphatic rings. The van der Waals surface area contributed by atoms with Gasteiger partial charge in [-0.05, 0) is 37.6 Å². The number of benzene rings is 1. The van der Waals surface area contributed by atoms with Crippen LogP contribution < -0.4 is 5.73 Å². The Morgan fingerprint density at radius 3 is 2.56 bits per heavy atom. The van der Waals surface area contributed by atoms with Crippen LogP contribution >= 0.6 is 0 Å². The van der Waals surface area contributed by atoms with E-state index < -0.39 is 9.84 Å². The molecule has 0 aliphatic carbocycles. The number of nitrogens with zero attached hydrogens (tertiary/aromatic N) is 1. The Bertz CT molecular complexity index is 684. The van der Waals surface area contributed by atoms with Gasteiger partial charge in [0.2, 0.25) is 0 Å². The molecule has 0 amide bonds. The molecule has 18 heavy (non-hydrogen) atoms. The first-order valence-electron chi connectivity index (χ1n) is 5.84. The van der Waals surface area contributed by atoms with E-state index in [0.29, 0.717) is 5.69 Å². The summed E-state index contributed by atoms with van der Waals surface area (Å²) < 4.78 is 25.0. The molecule has 0 atom stereocenters. The van der Waals surface area contributed by atoms with Crippen LogP contribution in [0.3, 0.4) is 0 Å². The number of anilines is 1. The minimum Gasteiger partial charge on any atom is -0.399 e. The summed E-state index contributed by atoms with van der Waals surface area (Å²) in [7, 11) is -3.05. The average Bonchev–Trinajstić information content (AvgIpc) is 2.54. The third-order valence-corrected chi connectivity index (χ3v) is 3.75. The van der Waals surface area contributed by atoms with Crippen LogP contribution in [0, 0.1) is 0 Å². The molecule has 1 aromatic carbocycles. The Hall–Kier alpha value is -1.49. The predicted octanol–water partition coefficient (Wildman–Crippen LogP) is 2.35. The molecular formula is C13H18N2O2S. The van der Waals surface area contributed by atoms with Gasteiger partial charge in [0.25, 0.3) is 0 Å². The van der Waals surface area contributed by atoms with Crippen molar-refractivity contribution in [1.82, 2.24) is 4.57 Å². The first kappa shape index (κ1) is 13.0. The Balaban J connectivity index is 2.69. The van der Waals surface area contributed by atoms with Crippen LogP contribution in [0.4, 0.5) is 5.69 Å². The summed E-state index contributed by atoms with van der Waals surface area (Å²) in [5.41, 5.74) is 8.27. The summed E-state index contributed by atoms with van der Waals surface area (Å²) in [6, 6.07) is 5.90. The van der Waals surface area contributed by atoms with Gasteiger partial charge in [-0.2, -0.15) is 0 Å². The van der Waals surface area contributed by atoms with Gasteiger partial charge in [-0.15, -0.1) is 0 Å². The van der Waals surface area contributed by atoms with Gasteiger partial charge in [0.1, 0.15) is 0 Å². The highest BCUT2D eigenvalue weighted by atomic mass is 32.2. The van der Waals surface area contributed by atoms with Gasteiger partial charge >= 0.3 is 0 Å². The quantitative estimate of drug-likeness (QED) is 0.867. The smallest absolute Gasteiger partial charge is 0.151 e. The highest BCUT2D eigenvalue weighted by Crippen LogP contribution is 2.27. The number of aromatic nitrogens is 1. The van der Waals surface area contributed by atoms with E-state index in [1.807, 2.05) is 24.4 Å². The molecule has 0 aliphatic heterocycles.